The number of fused-ring (bicyclic) bond motifs is 1. The first-order chi connectivity index (χ1) is 12.7. The van der Waals surface area contributed by atoms with Crippen LogP contribution in [0.25, 0.3) is 11.0 Å². The van der Waals surface area contributed by atoms with Crippen LogP contribution in [0.15, 0.2) is 42.7 Å². The molecular formula is C20H23N5O. The number of imidazole rings is 1. The van der Waals surface area contributed by atoms with E-state index in [0.29, 0.717) is 12.5 Å². The first-order valence-corrected chi connectivity index (χ1v) is 9.06. The summed E-state index contributed by atoms with van der Waals surface area (Å²) in [6, 6.07) is 9.94. The molecule has 1 aliphatic heterocycles. The van der Waals surface area contributed by atoms with Gasteiger partial charge in [0.15, 0.2) is 0 Å². The Balaban J connectivity index is 1.41. The van der Waals surface area contributed by atoms with Gasteiger partial charge in [0.1, 0.15) is 5.82 Å². The lowest BCUT2D eigenvalue weighted by Gasteiger charge is -2.31. The number of nitrogens with one attached hydrogen (secondary N) is 2. The zero-order chi connectivity index (χ0) is 17.9. The Bertz CT molecular complexity index is 905. The van der Waals surface area contributed by atoms with Crippen LogP contribution in [0.3, 0.4) is 0 Å². The Labute approximate surface area is 152 Å². The molecule has 2 aromatic heterocycles. The number of hydrogen-bond donors (Lipinski definition) is 2. The Morgan fingerprint density at radius 2 is 2.31 bits per heavy atom. The van der Waals surface area contributed by atoms with Crippen LogP contribution in [-0.4, -0.2) is 45.4 Å². The van der Waals surface area contributed by atoms with E-state index in [9.17, 15) is 4.79 Å². The molecule has 1 fully saturated rings. The van der Waals surface area contributed by atoms with Gasteiger partial charge >= 0.3 is 0 Å². The fourth-order valence-corrected chi connectivity index (χ4v) is 3.60. The lowest BCUT2D eigenvalue weighted by molar-refractivity contribution is -0.117. The molecule has 1 aromatic carbocycles. The molecule has 1 aliphatic rings. The van der Waals surface area contributed by atoms with Gasteiger partial charge in [0, 0.05) is 18.7 Å². The van der Waals surface area contributed by atoms with Gasteiger partial charge in [-0.25, -0.2) is 4.98 Å². The number of aryl methyl sites for hydroxylation is 1. The summed E-state index contributed by atoms with van der Waals surface area (Å²) in [5, 5.41) is 2.90. The van der Waals surface area contributed by atoms with Gasteiger partial charge < -0.3 is 10.3 Å². The summed E-state index contributed by atoms with van der Waals surface area (Å²) in [5.74, 6) is 1.37. The van der Waals surface area contributed by atoms with Crippen molar-refractivity contribution in [2.24, 2.45) is 0 Å². The highest BCUT2D eigenvalue weighted by Gasteiger charge is 2.25. The second-order valence-corrected chi connectivity index (χ2v) is 7.01. The topological polar surface area (TPSA) is 73.9 Å². The van der Waals surface area contributed by atoms with Crippen LogP contribution in [0, 0.1) is 6.92 Å². The number of benzene rings is 1. The first kappa shape index (κ1) is 16.7. The molecule has 26 heavy (non-hydrogen) atoms. The molecular weight excluding hydrogens is 326 g/mol. The van der Waals surface area contributed by atoms with Crippen LogP contribution < -0.4 is 5.32 Å². The average Bonchev–Trinajstić information content (AvgIpc) is 3.06. The summed E-state index contributed by atoms with van der Waals surface area (Å²) in [6.07, 6.45) is 5.52. The van der Waals surface area contributed by atoms with Crippen molar-refractivity contribution >= 4 is 22.6 Å². The number of carbonyl (C=O) groups is 1. The number of aromatic nitrogens is 3. The summed E-state index contributed by atoms with van der Waals surface area (Å²) in [7, 11) is 0. The van der Waals surface area contributed by atoms with Gasteiger partial charge in [-0.05, 0) is 56.1 Å². The van der Waals surface area contributed by atoms with E-state index in [4.69, 9.17) is 4.98 Å². The predicted molar refractivity (Wildman–Crippen MR) is 102 cm³/mol. The highest BCUT2D eigenvalue weighted by molar-refractivity contribution is 5.92. The number of anilines is 1. The van der Waals surface area contributed by atoms with Gasteiger partial charge in [0.2, 0.25) is 5.91 Å². The minimum atomic E-state index is -0.00104. The SMILES string of the molecule is Cc1ccc2nc([C@H]3CCCN(CC(=O)Nc4cccnc4)C3)[nH]c2c1. The first-order valence-electron chi connectivity index (χ1n) is 9.06. The van der Waals surface area contributed by atoms with Crippen LogP contribution in [0.2, 0.25) is 0 Å². The second kappa shape index (κ2) is 7.25. The lowest BCUT2D eigenvalue weighted by atomic mass is 9.97. The Morgan fingerprint density at radius 3 is 3.15 bits per heavy atom. The van der Waals surface area contributed by atoms with Crippen molar-refractivity contribution in [3.63, 3.8) is 0 Å². The van der Waals surface area contributed by atoms with Crippen molar-refractivity contribution in [3.05, 3.63) is 54.1 Å². The van der Waals surface area contributed by atoms with E-state index in [1.165, 1.54) is 5.56 Å². The van der Waals surface area contributed by atoms with E-state index >= 15 is 0 Å². The number of H-pyrrole nitrogens is 1. The Morgan fingerprint density at radius 1 is 1.38 bits per heavy atom. The minimum Gasteiger partial charge on any atom is -0.342 e. The van der Waals surface area contributed by atoms with E-state index in [-0.39, 0.29) is 5.91 Å². The predicted octanol–water partition coefficient (Wildman–Crippen LogP) is 3.08. The molecule has 0 aliphatic carbocycles. The summed E-state index contributed by atoms with van der Waals surface area (Å²) >= 11 is 0. The van der Waals surface area contributed by atoms with Crippen LogP contribution in [0.5, 0.6) is 0 Å². The number of likely N-dealkylation sites (tertiary alicyclic amines) is 1. The normalized spacial score (nSPS) is 18.1. The van der Waals surface area contributed by atoms with Crippen LogP contribution in [-0.2, 0) is 4.79 Å². The van der Waals surface area contributed by atoms with Crippen molar-refractivity contribution < 1.29 is 4.79 Å². The minimum absolute atomic E-state index is 0.00104. The third-order valence-corrected chi connectivity index (χ3v) is 4.86. The second-order valence-electron chi connectivity index (χ2n) is 7.01. The van der Waals surface area contributed by atoms with Gasteiger partial charge in [-0.2, -0.15) is 0 Å². The Kier molecular flexibility index (Phi) is 4.67. The van der Waals surface area contributed by atoms with Gasteiger partial charge in [-0.1, -0.05) is 6.07 Å². The molecule has 0 unspecified atom stereocenters. The van der Waals surface area contributed by atoms with Crippen LogP contribution in [0.4, 0.5) is 5.69 Å². The fraction of sp³-hybridized carbons (Fsp3) is 0.350. The average molecular weight is 349 g/mol. The molecule has 0 saturated carbocycles. The van der Waals surface area contributed by atoms with Crippen LogP contribution >= 0.6 is 0 Å². The molecule has 2 N–H and O–H groups in total. The zero-order valence-electron chi connectivity index (χ0n) is 14.9. The number of amides is 1. The Hall–Kier alpha value is -2.73. The van der Waals surface area contributed by atoms with E-state index in [2.05, 4.69) is 45.3 Å². The molecule has 1 saturated heterocycles. The van der Waals surface area contributed by atoms with E-state index in [1.807, 2.05) is 12.1 Å². The van der Waals surface area contributed by atoms with E-state index < -0.39 is 0 Å². The number of aromatic amines is 1. The molecule has 0 radical (unpaired) electrons. The summed E-state index contributed by atoms with van der Waals surface area (Å²) in [6.45, 7) is 4.27. The third kappa shape index (κ3) is 3.75. The molecule has 0 spiro atoms. The van der Waals surface area contributed by atoms with Gasteiger partial charge in [0.05, 0.1) is 29.5 Å². The number of carbonyl (C=O) groups excluding carboxylic acids is 1. The van der Waals surface area contributed by atoms with Crippen molar-refractivity contribution in [3.8, 4) is 0 Å². The summed E-state index contributed by atoms with van der Waals surface area (Å²) in [5.41, 5.74) is 4.06. The van der Waals surface area contributed by atoms with E-state index in [0.717, 1.165) is 48.5 Å². The largest absolute Gasteiger partial charge is 0.342 e. The van der Waals surface area contributed by atoms with Crippen molar-refractivity contribution in [1.82, 2.24) is 19.9 Å². The van der Waals surface area contributed by atoms with Crippen molar-refractivity contribution in [1.29, 1.82) is 0 Å². The standard InChI is InChI=1S/C20H23N5O/c1-14-6-7-17-18(10-14)24-20(23-17)15-4-3-9-25(12-15)13-19(26)22-16-5-2-8-21-11-16/h2,5-8,10-11,15H,3-4,9,12-13H2,1H3,(H,22,26)(H,23,24)/t15-/m0/s1. The number of nitrogens with zero attached hydrogens (tertiary/aromatic N) is 3. The highest BCUT2D eigenvalue weighted by atomic mass is 16.2. The molecule has 1 amide bonds. The maximum absolute atomic E-state index is 12.3. The number of hydrogen-bond acceptors (Lipinski definition) is 4. The number of piperidine rings is 1. The van der Waals surface area contributed by atoms with Gasteiger partial charge in [0.25, 0.3) is 0 Å². The molecule has 134 valence electrons. The highest BCUT2D eigenvalue weighted by Crippen LogP contribution is 2.27. The molecule has 3 heterocycles. The lowest BCUT2D eigenvalue weighted by Crippen LogP contribution is -2.40. The molecule has 3 aromatic rings. The molecule has 0 bridgehead atoms. The smallest absolute Gasteiger partial charge is 0.238 e. The van der Waals surface area contributed by atoms with Gasteiger partial charge in [-0.15, -0.1) is 0 Å². The monoisotopic (exact) mass is 349 g/mol. The number of pyridine rings is 1. The number of rotatable bonds is 4. The van der Waals surface area contributed by atoms with Crippen molar-refractivity contribution in [2.75, 3.05) is 25.0 Å². The van der Waals surface area contributed by atoms with Crippen LogP contribution in [0.1, 0.15) is 30.1 Å². The van der Waals surface area contributed by atoms with E-state index in [1.54, 1.807) is 12.4 Å². The molecule has 6 heteroatoms. The fourth-order valence-electron chi connectivity index (χ4n) is 3.60. The van der Waals surface area contributed by atoms with Crippen molar-refractivity contribution in [2.45, 2.75) is 25.7 Å². The van der Waals surface area contributed by atoms with Gasteiger partial charge in [-0.3, -0.25) is 14.7 Å². The maximum Gasteiger partial charge on any atom is 0.238 e. The quantitative estimate of drug-likeness (QED) is 0.759. The maximum atomic E-state index is 12.3. The molecule has 6 nitrogen and oxygen atoms in total. The summed E-state index contributed by atoms with van der Waals surface area (Å²) < 4.78 is 0. The third-order valence-electron chi connectivity index (χ3n) is 4.86. The molecule has 1 atom stereocenters. The molecule has 4 rings (SSSR count). The summed E-state index contributed by atoms with van der Waals surface area (Å²) in [4.78, 5) is 26.8. The zero-order valence-corrected chi connectivity index (χ0v) is 14.9.